The van der Waals surface area contributed by atoms with Crippen molar-refractivity contribution >= 4 is 46.3 Å². The number of anilines is 6. The van der Waals surface area contributed by atoms with Crippen molar-refractivity contribution in [2.24, 2.45) is 0 Å². The predicted molar refractivity (Wildman–Crippen MR) is 175 cm³/mol. The standard InChI is InChI=1S/C33H39N9O3/c1-5-30(43)36-28-18-25(41-14-12-24(13-15-41)42-17-16-40(4)21-31(42)44)10-11-26(28)38-33-35-20-23(19-34)32(39-33)37-27-8-6-7-9-29(27)45-22(2)3/h5-11,18,20,22,24H,1,12-17,21H2,2-4H3,(H,36,43)(H2,35,37,38,39). The molecule has 3 heterocycles. The first-order valence-corrected chi connectivity index (χ1v) is 15.1. The minimum Gasteiger partial charge on any atom is -0.489 e. The van der Waals surface area contributed by atoms with Crippen molar-refractivity contribution in [3.8, 4) is 11.8 Å². The average Bonchev–Trinajstić information content (AvgIpc) is 3.03. The van der Waals surface area contributed by atoms with Gasteiger partial charge in [-0.15, -0.1) is 0 Å². The zero-order chi connectivity index (χ0) is 31.9. The van der Waals surface area contributed by atoms with Crippen LogP contribution < -0.4 is 25.6 Å². The maximum Gasteiger partial charge on any atom is 0.247 e. The van der Waals surface area contributed by atoms with E-state index in [1.807, 2.05) is 68.3 Å². The highest BCUT2D eigenvalue weighted by molar-refractivity contribution is 6.02. The van der Waals surface area contributed by atoms with E-state index >= 15 is 0 Å². The number of nitrogens with one attached hydrogen (secondary N) is 3. The van der Waals surface area contributed by atoms with E-state index in [-0.39, 0.29) is 35.5 Å². The molecule has 234 valence electrons. The second kappa shape index (κ2) is 14.1. The van der Waals surface area contributed by atoms with Crippen molar-refractivity contribution in [2.75, 3.05) is 60.6 Å². The summed E-state index contributed by atoms with van der Waals surface area (Å²) in [6.07, 6.45) is 4.38. The van der Waals surface area contributed by atoms with Crippen LogP contribution in [-0.4, -0.2) is 83.5 Å². The molecule has 0 atom stereocenters. The molecule has 0 saturated carbocycles. The molecule has 0 aliphatic carbocycles. The van der Waals surface area contributed by atoms with E-state index in [0.717, 1.165) is 44.7 Å². The Labute approximate surface area is 263 Å². The average molecular weight is 610 g/mol. The molecule has 0 spiro atoms. The molecular weight excluding hydrogens is 570 g/mol. The van der Waals surface area contributed by atoms with E-state index in [2.05, 4.69) is 48.4 Å². The Hall–Kier alpha value is -5.15. The summed E-state index contributed by atoms with van der Waals surface area (Å²) >= 11 is 0. The fourth-order valence-corrected chi connectivity index (χ4v) is 5.54. The number of piperidine rings is 1. The molecule has 45 heavy (non-hydrogen) atoms. The number of nitrogens with zero attached hydrogens (tertiary/aromatic N) is 6. The van der Waals surface area contributed by atoms with E-state index in [4.69, 9.17) is 4.74 Å². The molecule has 2 aliphatic rings. The summed E-state index contributed by atoms with van der Waals surface area (Å²) in [6, 6.07) is 15.6. The van der Waals surface area contributed by atoms with Crippen LogP contribution >= 0.6 is 0 Å². The third kappa shape index (κ3) is 7.69. The summed E-state index contributed by atoms with van der Waals surface area (Å²) in [7, 11) is 1.98. The van der Waals surface area contributed by atoms with Gasteiger partial charge in [-0.1, -0.05) is 18.7 Å². The molecule has 0 unspecified atom stereocenters. The Morgan fingerprint density at radius 2 is 1.87 bits per heavy atom. The molecular formula is C33H39N9O3. The first-order valence-electron chi connectivity index (χ1n) is 15.1. The summed E-state index contributed by atoms with van der Waals surface area (Å²) < 4.78 is 5.91. The number of hydrogen-bond acceptors (Lipinski definition) is 10. The lowest BCUT2D eigenvalue weighted by molar-refractivity contribution is -0.138. The molecule has 0 radical (unpaired) electrons. The molecule has 3 aromatic rings. The summed E-state index contributed by atoms with van der Waals surface area (Å²) in [5.74, 6) is 1.02. The molecule has 3 N–H and O–H groups in total. The molecule has 12 heteroatoms. The van der Waals surface area contributed by atoms with Gasteiger partial charge in [-0.25, -0.2) is 4.98 Å². The summed E-state index contributed by atoms with van der Waals surface area (Å²) in [5.41, 5.74) is 2.99. The molecule has 2 aromatic carbocycles. The fourth-order valence-electron chi connectivity index (χ4n) is 5.54. The number of aromatic nitrogens is 2. The van der Waals surface area contributed by atoms with Gasteiger partial charge in [-0.2, -0.15) is 10.2 Å². The van der Waals surface area contributed by atoms with Gasteiger partial charge >= 0.3 is 0 Å². The number of carbonyl (C=O) groups excluding carboxylic acids is 2. The van der Waals surface area contributed by atoms with Gasteiger partial charge in [0.05, 0.1) is 35.9 Å². The van der Waals surface area contributed by atoms with Gasteiger partial charge in [-0.3, -0.25) is 14.5 Å². The Bertz CT molecular complexity index is 1590. The molecule has 2 amide bonds. The van der Waals surface area contributed by atoms with Crippen LogP contribution in [0.2, 0.25) is 0 Å². The molecule has 5 rings (SSSR count). The normalized spacial score (nSPS) is 15.8. The highest BCUT2D eigenvalue weighted by Gasteiger charge is 2.31. The maximum atomic E-state index is 12.6. The number of piperazine rings is 1. The van der Waals surface area contributed by atoms with Crippen molar-refractivity contribution in [3.05, 3.63) is 66.9 Å². The zero-order valence-electron chi connectivity index (χ0n) is 25.9. The highest BCUT2D eigenvalue weighted by atomic mass is 16.5. The van der Waals surface area contributed by atoms with Crippen LogP contribution in [0.3, 0.4) is 0 Å². The first-order chi connectivity index (χ1) is 21.7. The van der Waals surface area contributed by atoms with Gasteiger partial charge in [0.15, 0.2) is 5.82 Å². The van der Waals surface area contributed by atoms with Gasteiger partial charge in [0, 0.05) is 37.9 Å². The van der Waals surface area contributed by atoms with Gasteiger partial charge in [0.2, 0.25) is 17.8 Å². The molecule has 2 saturated heterocycles. The van der Waals surface area contributed by atoms with Crippen molar-refractivity contribution in [1.82, 2.24) is 19.8 Å². The number of amides is 2. The SMILES string of the molecule is C=CC(=O)Nc1cc(N2CCC(N3CCN(C)CC3=O)CC2)ccc1Nc1ncc(C#N)c(Nc2ccccc2OC(C)C)n1. The predicted octanol–water partition coefficient (Wildman–Crippen LogP) is 4.49. The number of carbonyl (C=O) groups is 2. The fraction of sp³-hybridized carbons (Fsp3) is 0.364. The summed E-state index contributed by atoms with van der Waals surface area (Å²) in [4.78, 5) is 40.3. The van der Waals surface area contributed by atoms with Gasteiger partial charge in [0.25, 0.3) is 0 Å². The monoisotopic (exact) mass is 609 g/mol. The summed E-state index contributed by atoms with van der Waals surface area (Å²) in [5, 5.41) is 19.0. The van der Waals surface area contributed by atoms with Gasteiger partial charge in [0.1, 0.15) is 17.4 Å². The lowest BCUT2D eigenvalue weighted by atomic mass is 10.0. The van der Waals surface area contributed by atoms with E-state index in [1.165, 1.54) is 12.3 Å². The van der Waals surface area contributed by atoms with E-state index < -0.39 is 0 Å². The number of likely N-dealkylation sites (N-methyl/N-ethyl adjacent to an activating group) is 1. The highest BCUT2D eigenvalue weighted by Crippen LogP contribution is 2.33. The zero-order valence-corrected chi connectivity index (χ0v) is 25.9. The Balaban J connectivity index is 1.34. The van der Waals surface area contributed by atoms with Crippen LogP contribution in [0.4, 0.5) is 34.5 Å². The minimum atomic E-state index is -0.354. The minimum absolute atomic E-state index is 0.0364. The Morgan fingerprint density at radius 1 is 1.09 bits per heavy atom. The van der Waals surface area contributed by atoms with E-state index in [9.17, 15) is 14.9 Å². The molecule has 2 aliphatic heterocycles. The number of rotatable bonds is 10. The number of hydrogen-bond donors (Lipinski definition) is 3. The Morgan fingerprint density at radius 3 is 2.58 bits per heavy atom. The van der Waals surface area contributed by atoms with Crippen LogP contribution in [-0.2, 0) is 9.59 Å². The van der Waals surface area contributed by atoms with Gasteiger partial charge < -0.3 is 30.5 Å². The number of nitriles is 1. The second-order valence-electron chi connectivity index (χ2n) is 11.4. The second-order valence-corrected chi connectivity index (χ2v) is 11.4. The third-order valence-corrected chi connectivity index (χ3v) is 7.82. The van der Waals surface area contributed by atoms with Crippen molar-refractivity contribution in [1.29, 1.82) is 5.26 Å². The number of para-hydroxylation sites is 2. The number of benzene rings is 2. The van der Waals surface area contributed by atoms with Gasteiger partial charge in [-0.05, 0) is 70.1 Å². The first kappa shape index (κ1) is 31.3. The van der Waals surface area contributed by atoms with Crippen molar-refractivity contribution in [2.45, 2.75) is 38.8 Å². The Kier molecular flexibility index (Phi) is 9.79. The largest absolute Gasteiger partial charge is 0.489 e. The van der Waals surface area contributed by atoms with Crippen molar-refractivity contribution < 1.29 is 14.3 Å². The smallest absolute Gasteiger partial charge is 0.247 e. The molecule has 0 bridgehead atoms. The quantitative estimate of drug-likeness (QED) is 0.282. The maximum absolute atomic E-state index is 12.6. The van der Waals surface area contributed by atoms with Crippen LogP contribution in [0.1, 0.15) is 32.3 Å². The van der Waals surface area contributed by atoms with Crippen LogP contribution in [0, 0.1) is 11.3 Å². The number of ether oxygens (including phenoxy) is 1. The molecule has 12 nitrogen and oxygen atoms in total. The summed E-state index contributed by atoms with van der Waals surface area (Å²) in [6.45, 7) is 11.2. The molecule has 1 aromatic heterocycles. The van der Waals surface area contributed by atoms with Crippen LogP contribution in [0.5, 0.6) is 5.75 Å². The van der Waals surface area contributed by atoms with Crippen molar-refractivity contribution in [3.63, 3.8) is 0 Å². The van der Waals surface area contributed by atoms with Crippen LogP contribution in [0.15, 0.2) is 61.3 Å². The van der Waals surface area contributed by atoms with E-state index in [0.29, 0.717) is 35.2 Å². The van der Waals surface area contributed by atoms with Crippen LogP contribution in [0.25, 0.3) is 0 Å². The lowest BCUT2D eigenvalue weighted by Crippen LogP contribution is -2.55. The van der Waals surface area contributed by atoms with E-state index in [1.54, 1.807) is 0 Å². The molecule has 2 fully saturated rings. The topological polar surface area (TPSA) is 139 Å². The third-order valence-electron chi connectivity index (χ3n) is 7.82. The lowest BCUT2D eigenvalue weighted by Gasteiger charge is -2.42.